The molecule has 0 spiro atoms. The van der Waals surface area contributed by atoms with E-state index < -0.39 is 0 Å². The molecule has 0 atom stereocenters. The molecule has 4 rings (SSSR count). The number of ether oxygens (including phenoxy) is 1. The lowest BCUT2D eigenvalue weighted by atomic mass is 10.0. The molecule has 7 nitrogen and oxygen atoms in total. The Morgan fingerprint density at radius 2 is 1.97 bits per heavy atom. The van der Waals surface area contributed by atoms with Crippen LogP contribution < -0.4 is 4.74 Å². The van der Waals surface area contributed by atoms with Crippen molar-refractivity contribution in [3.63, 3.8) is 0 Å². The van der Waals surface area contributed by atoms with Crippen LogP contribution in [0.25, 0.3) is 17.1 Å². The third kappa shape index (κ3) is 4.97. The molecule has 2 heterocycles. The maximum Gasteiger partial charge on any atom is 0.236 e. The van der Waals surface area contributed by atoms with Crippen LogP contribution in [0.3, 0.4) is 0 Å². The Hall–Kier alpha value is -4.49. The first-order valence-corrected chi connectivity index (χ1v) is 10.1. The maximum absolute atomic E-state index is 9.54. The number of hydrogen-bond donors (Lipinski definition) is 0. The number of benzene rings is 2. The second-order valence-electron chi connectivity index (χ2n) is 7.03. The fraction of sp³-hybridized carbons (Fsp3) is 0.160. The van der Waals surface area contributed by atoms with E-state index in [9.17, 15) is 5.26 Å². The predicted molar refractivity (Wildman–Crippen MR) is 118 cm³/mol. The average molecular weight is 419 g/mol. The molecule has 0 fully saturated rings. The third-order valence-corrected chi connectivity index (χ3v) is 4.74. The molecule has 0 saturated carbocycles. The fourth-order valence-corrected chi connectivity index (χ4v) is 3.18. The Morgan fingerprint density at radius 1 is 1.09 bits per heavy atom. The highest BCUT2D eigenvalue weighted by Gasteiger charge is 2.13. The number of unbranched alkanes of at least 4 members (excludes halogenated alkanes) is 1. The molecule has 32 heavy (non-hydrogen) atoms. The molecule has 7 heteroatoms. The van der Waals surface area contributed by atoms with Gasteiger partial charge in [-0.15, -0.1) is 5.10 Å². The van der Waals surface area contributed by atoms with Crippen LogP contribution in [0, 0.1) is 28.7 Å². The van der Waals surface area contributed by atoms with E-state index in [2.05, 4.69) is 33.3 Å². The van der Waals surface area contributed by atoms with Gasteiger partial charge in [0.1, 0.15) is 11.8 Å². The Morgan fingerprint density at radius 3 is 2.72 bits per heavy atom. The van der Waals surface area contributed by atoms with E-state index >= 15 is 0 Å². The number of aromatic nitrogens is 4. The van der Waals surface area contributed by atoms with Crippen LogP contribution in [0.5, 0.6) is 5.75 Å². The molecule has 0 aliphatic rings. The standard InChI is InChI=1S/C25H19N6O/c26-12-1-2-14-32-23-10-8-19(9-11-23)15-20-5-3-7-22(16-20)31-24(17-27)29-25(30-31)21-6-4-13-28-18-21/h3-4,6-11,13,16,18H,1-2,14-15H2. The van der Waals surface area contributed by atoms with Crippen molar-refractivity contribution < 1.29 is 4.74 Å². The summed E-state index contributed by atoms with van der Waals surface area (Å²) in [6.07, 6.45) is 5.23. The van der Waals surface area contributed by atoms with Crippen LogP contribution in [0.4, 0.5) is 0 Å². The highest BCUT2D eigenvalue weighted by atomic mass is 16.5. The first kappa shape index (κ1) is 20.8. The minimum absolute atomic E-state index is 0.207. The van der Waals surface area contributed by atoms with E-state index in [1.807, 2.05) is 48.5 Å². The molecule has 0 aliphatic heterocycles. The molecule has 2 aromatic heterocycles. The molecular weight excluding hydrogens is 400 g/mol. The number of rotatable bonds is 8. The van der Waals surface area contributed by atoms with Gasteiger partial charge < -0.3 is 4.74 Å². The predicted octanol–water partition coefficient (Wildman–Crippen LogP) is 4.27. The maximum atomic E-state index is 9.54. The summed E-state index contributed by atoms with van der Waals surface area (Å²) >= 11 is 0. The normalized spacial score (nSPS) is 10.3. The summed E-state index contributed by atoms with van der Waals surface area (Å²) in [7, 11) is 0. The molecule has 0 N–H and O–H groups in total. The van der Waals surface area contributed by atoms with Gasteiger partial charge in [-0.2, -0.15) is 15.5 Å². The lowest BCUT2D eigenvalue weighted by Gasteiger charge is -2.08. The van der Waals surface area contributed by atoms with Crippen molar-refractivity contribution in [2.24, 2.45) is 0 Å². The van der Waals surface area contributed by atoms with Crippen molar-refractivity contribution in [1.82, 2.24) is 19.7 Å². The molecule has 0 bridgehead atoms. The van der Waals surface area contributed by atoms with Gasteiger partial charge in [0, 0.05) is 24.4 Å². The van der Waals surface area contributed by atoms with Gasteiger partial charge in [-0.1, -0.05) is 18.2 Å². The molecule has 0 amide bonds. The zero-order chi connectivity index (χ0) is 22.2. The van der Waals surface area contributed by atoms with Crippen LogP contribution in [0.1, 0.15) is 29.8 Å². The molecular formula is C25H19N6O. The van der Waals surface area contributed by atoms with Gasteiger partial charge in [0.25, 0.3) is 0 Å². The van der Waals surface area contributed by atoms with Crippen LogP contribution in [0.2, 0.25) is 0 Å². The summed E-state index contributed by atoms with van der Waals surface area (Å²) in [5.41, 5.74) is 3.57. The first-order chi connectivity index (χ1) is 15.8. The van der Waals surface area contributed by atoms with E-state index in [1.165, 1.54) is 4.68 Å². The highest BCUT2D eigenvalue weighted by molar-refractivity contribution is 5.54. The largest absolute Gasteiger partial charge is 0.494 e. The molecule has 155 valence electrons. The summed E-state index contributed by atoms with van der Waals surface area (Å²) in [4.78, 5) is 8.43. The highest BCUT2D eigenvalue weighted by Crippen LogP contribution is 2.20. The molecule has 0 unspecified atom stereocenters. The van der Waals surface area contributed by atoms with Gasteiger partial charge in [-0.05, 0) is 66.4 Å². The number of nitrogens with zero attached hydrogens (tertiary/aromatic N) is 6. The number of nitriles is 2. The minimum Gasteiger partial charge on any atom is -0.494 e. The minimum atomic E-state index is 0.207. The zero-order valence-corrected chi connectivity index (χ0v) is 17.3. The number of hydrogen-bond acceptors (Lipinski definition) is 6. The zero-order valence-electron chi connectivity index (χ0n) is 17.3. The Balaban J connectivity index is 1.50. The Labute approximate surface area is 186 Å². The Bertz CT molecular complexity index is 1270. The van der Waals surface area contributed by atoms with E-state index in [1.54, 1.807) is 18.5 Å². The summed E-state index contributed by atoms with van der Waals surface area (Å²) < 4.78 is 7.18. The van der Waals surface area contributed by atoms with E-state index in [0.717, 1.165) is 34.5 Å². The first-order valence-electron chi connectivity index (χ1n) is 10.1. The van der Waals surface area contributed by atoms with E-state index in [4.69, 9.17) is 10.00 Å². The molecule has 0 aliphatic carbocycles. The fourth-order valence-electron chi connectivity index (χ4n) is 3.18. The Kier molecular flexibility index (Phi) is 6.50. The van der Waals surface area contributed by atoms with Crippen molar-refractivity contribution >= 4 is 0 Å². The van der Waals surface area contributed by atoms with Crippen LogP contribution in [-0.4, -0.2) is 26.4 Å². The smallest absolute Gasteiger partial charge is 0.236 e. The second kappa shape index (κ2) is 10.0. The lowest BCUT2D eigenvalue weighted by Crippen LogP contribution is -2.01. The summed E-state index contributed by atoms with van der Waals surface area (Å²) in [5.74, 6) is 1.45. The summed E-state index contributed by atoms with van der Waals surface area (Å²) in [6.45, 7) is 0.531. The number of pyridine rings is 1. The van der Waals surface area contributed by atoms with Crippen molar-refractivity contribution in [3.8, 4) is 35.0 Å². The van der Waals surface area contributed by atoms with Crippen LogP contribution in [0.15, 0.2) is 67.0 Å². The monoisotopic (exact) mass is 419 g/mol. The van der Waals surface area contributed by atoms with Gasteiger partial charge in [0.05, 0.1) is 18.4 Å². The molecule has 4 aromatic rings. The summed E-state index contributed by atoms with van der Waals surface area (Å²) in [5, 5.41) is 22.6. The topological polar surface area (TPSA) is 100 Å². The SMILES string of the molecule is N#CCCCOc1ccc(Cc2[c]ccc(-n3nc(-c4cccnc4)nc3C#N)c2)cc1. The lowest BCUT2D eigenvalue weighted by molar-refractivity contribution is 0.312. The van der Waals surface area contributed by atoms with E-state index in [0.29, 0.717) is 25.3 Å². The van der Waals surface area contributed by atoms with Gasteiger partial charge >= 0.3 is 0 Å². The quantitative estimate of drug-likeness (QED) is 0.395. The van der Waals surface area contributed by atoms with Gasteiger partial charge in [0.15, 0.2) is 5.82 Å². The molecule has 2 aromatic carbocycles. The molecule has 1 radical (unpaired) electrons. The third-order valence-electron chi connectivity index (χ3n) is 4.74. The van der Waals surface area contributed by atoms with E-state index in [-0.39, 0.29) is 5.82 Å². The van der Waals surface area contributed by atoms with Crippen LogP contribution >= 0.6 is 0 Å². The second-order valence-corrected chi connectivity index (χ2v) is 7.03. The van der Waals surface area contributed by atoms with Crippen molar-refractivity contribution in [2.75, 3.05) is 6.61 Å². The van der Waals surface area contributed by atoms with Gasteiger partial charge in [0.2, 0.25) is 5.82 Å². The van der Waals surface area contributed by atoms with Crippen molar-refractivity contribution in [2.45, 2.75) is 19.3 Å². The average Bonchev–Trinajstić information content (AvgIpc) is 3.28. The molecule has 0 saturated heterocycles. The van der Waals surface area contributed by atoms with Crippen LogP contribution in [-0.2, 0) is 6.42 Å². The van der Waals surface area contributed by atoms with Gasteiger partial charge in [-0.25, -0.2) is 4.68 Å². The van der Waals surface area contributed by atoms with Crippen molar-refractivity contribution in [1.29, 1.82) is 10.5 Å². The summed E-state index contributed by atoms with van der Waals surface area (Å²) in [6, 6.07) is 24.6. The van der Waals surface area contributed by atoms with Crippen molar-refractivity contribution in [3.05, 3.63) is 90.0 Å². The van der Waals surface area contributed by atoms with Gasteiger partial charge in [-0.3, -0.25) is 4.98 Å².